The molecule has 6 rings (SSSR count). The molecule has 3 aliphatic rings. The van der Waals surface area contributed by atoms with Gasteiger partial charge < -0.3 is 24.4 Å². The van der Waals surface area contributed by atoms with Gasteiger partial charge in [0.15, 0.2) is 0 Å². The molecule has 1 aromatic heterocycles. The number of rotatable bonds is 14. The maximum atomic E-state index is 14.9. The van der Waals surface area contributed by atoms with Gasteiger partial charge in [-0.15, -0.1) is 18.3 Å². The fourth-order valence-electron chi connectivity index (χ4n) is 7.37. The van der Waals surface area contributed by atoms with Crippen LogP contribution in [0, 0.1) is 11.8 Å². The Morgan fingerprint density at radius 1 is 1.17 bits per heavy atom. The number of hydrogen-bond donors (Lipinski definition) is 1. The third-order valence-corrected chi connectivity index (χ3v) is 10.2. The van der Waals surface area contributed by atoms with Crippen LogP contribution in [0.25, 0.3) is 11.0 Å². The summed E-state index contributed by atoms with van der Waals surface area (Å²) in [5.74, 6) is -3.16. The van der Waals surface area contributed by atoms with Crippen LogP contribution in [0.5, 0.6) is 0 Å². The van der Waals surface area contributed by atoms with Gasteiger partial charge in [0, 0.05) is 11.4 Å². The molecule has 3 unspecified atom stereocenters. The summed E-state index contributed by atoms with van der Waals surface area (Å²) >= 11 is 3.71. The van der Waals surface area contributed by atoms with E-state index >= 15 is 0 Å². The van der Waals surface area contributed by atoms with Crippen molar-refractivity contribution in [1.29, 1.82) is 0 Å². The number of halogens is 1. The van der Waals surface area contributed by atoms with Crippen molar-refractivity contribution < 1.29 is 29.0 Å². The molecule has 0 aliphatic carbocycles. The minimum atomic E-state index is -1.31. The van der Waals surface area contributed by atoms with Gasteiger partial charge in [0.05, 0.1) is 42.7 Å². The van der Waals surface area contributed by atoms with Crippen LogP contribution < -0.4 is 0 Å². The highest BCUT2D eigenvalue weighted by Gasteiger charge is 2.77. The number of likely N-dealkylation sites (tertiary alicyclic amines) is 1. The molecule has 1 spiro atoms. The molecule has 2 amide bonds. The Morgan fingerprint density at radius 3 is 2.67 bits per heavy atom. The van der Waals surface area contributed by atoms with E-state index in [0.717, 1.165) is 11.1 Å². The number of carbonyl (C=O) groups excluding carboxylic acids is 3. The summed E-state index contributed by atoms with van der Waals surface area (Å²) in [5.41, 5.74) is 1.01. The maximum Gasteiger partial charge on any atom is 0.312 e. The fraction of sp³-hybridized carbons (Fsp3) is 0.441. The van der Waals surface area contributed by atoms with Gasteiger partial charge in [0.2, 0.25) is 11.8 Å². The molecule has 0 saturated carbocycles. The summed E-state index contributed by atoms with van der Waals surface area (Å²) in [5, 5.41) is 19.3. The highest BCUT2D eigenvalue weighted by atomic mass is 79.9. The van der Waals surface area contributed by atoms with Crippen molar-refractivity contribution in [3.63, 3.8) is 0 Å². The summed E-state index contributed by atoms with van der Waals surface area (Å²) in [6, 6.07) is 15.1. The first-order chi connectivity index (χ1) is 22.3. The molecular weight excluding hydrogens is 654 g/mol. The number of nitrogens with zero attached hydrogens (tertiary/aromatic N) is 5. The molecule has 7 atom stereocenters. The van der Waals surface area contributed by atoms with Crippen LogP contribution >= 0.6 is 15.9 Å². The number of fused-ring (bicyclic) bond motifs is 2. The molecular formula is C34H38BrN5O6. The number of aromatic nitrogens is 3. The number of aliphatic hydroxyl groups excluding tert-OH is 1. The molecule has 11 nitrogen and oxygen atoms in total. The lowest BCUT2D eigenvalue weighted by atomic mass is 9.70. The minimum Gasteiger partial charge on any atom is -0.465 e. The van der Waals surface area contributed by atoms with E-state index in [9.17, 15) is 19.5 Å². The zero-order chi connectivity index (χ0) is 32.4. The number of para-hydroxylation sites is 1. The van der Waals surface area contributed by atoms with Gasteiger partial charge in [-0.05, 0) is 43.4 Å². The lowest BCUT2D eigenvalue weighted by molar-refractivity contribution is -0.156. The Balaban J connectivity index is 1.39. The Labute approximate surface area is 275 Å². The van der Waals surface area contributed by atoms with E-state index in [1.807, 2.05) is 54.6 Å². The Hall–Kier alpha value is -3.87. The van der Waals surface area contributed by atoms with Gasteiger partial charge in [-0.25, -0.2) is 4.68 Å². The second-order valence-corrected chi connectivity index (χ2v) is 13.3. The van der Waals surface area contributed by atoms with Crippen LogP contribution in [0.3, 0.4) is 0 Å². The number of unbranched alkanes of at least 4 members (excludes halogenated alkanes) is 1. The topological polar surface area (TPSA) is 127 Å². The van der Waals surface area contributed by atoms with E-state index in [2.05, 4.69) is 39.4 Å². The van der Waals surface area contributed by atoms with Crippen molar-refractivity contribution in [3.05, 3.63) is 85.5 Å². The first-order valence-electron chi connectivity index (χ1n) is 15.6. The Morgan fingerprint density at radius 2 is 1.93 bits per heavy atom. The molecule has 3 aromatic rings. The number of ether oxygens (including phenoxy) is 2. The van der Waals surface area contributed by atoms with Gasteiger partial charge in [-0.2, -0.15) is 0 Å². The monoisotopic (exact) mass is 691 g/mol. The first-order valence-corrected chi connectivity index (χ1v) is 16.5. The van der Waals surface area contributed by atoms with E-state index in [1.54, 1.807) is 21.7 Å². The van der Waals surface area contributed by atoms with Gasteiger partial charge in [-0.1, -0.05) is 75.8 Å². The normalized spacial score (nSPS) is 27.0. The van der Waals surface area contributed by atoms with E-state index in [-0.39, 0.29) is 37.2 Å². The van der Waals surface area contributed by atoms with Gasteiger partial charge in [-0.3, -0.25) is 14.4 Å². The SMILES string of the molecule is C=CCCCOC(=O)[C@H]1[C@@H]2OC3(CC2Br)C(C(=O)N(CC=C)Cn2nnc4ccccc42)N([C@@H](CO)Cc2ccccc2)C(=O)[C@H]13. The van der Waals surface area contributed by atoms with Crippen LogP contribution in [0.2, 0.25) is 0 Å². The number of aliphatic hydroxyl groups is 1. The smallest absolute Gasteiger partial charge is 0.312 e. The molecule has 4 heterocycles. The number of carbonyl (C=O) groups is 3. The molecule has 2 bridgehead atoms. The molecule has 12 heteroatoms. The maximum absolute atomic E-state index is 14.9. The van der Waals surface area contributed by atoms with Crippen LogP contribution in [0.1, 0.15) is 24.8 Å². The number of amides is 2. The predicted octanol–water partition coefficient (Wildman–Crippen LogP) is 3.26. The van der Waals surface area contributed by atoms with Crippen LogP contribution in [-0.2, 0) is 36.9 Å². The number of allylic oxidation sites excluding steroid dienone is 1. The molecule has 3 aliphatic heterocycles. The largest absolute Gasteiger partial charge is 0.465 e. The molecule has 1 N–H and O–H groups in total. The van der Waals surface area contributed by atoms with Crippen molar-refractivity contribution in [2.45, 2.75) is 61.0 Å². The van der Waals surface area contributed by atoms with Crippen LogP contribution in [-0.4, -0.2) is 96.1 Å². The van der Waals surface area contributed by atoms with Crippen molar-refractivity contribution in [3.8, 4) is 0 Å². The van der Waals surface area contributed by atoms with Crippen LogP contribution in [0.4, 0.5) is 0 Å². The fourth-order valence-corrected chi connectivity index (χ4v) is 8.32. The van der Waals surface area contributed by atoms with Gasteiger partial charge in [0.1, 0.15) is 23.8 Å². The van der Waals surface area contributed by atoms with Crippen molar-refractivity contribution in [1.82, 2.24) is 24.8 Å². The Kier molecular flexibility index (Phi) is 9.39. The molecule has 242 valence electrons. The van der Waals surface area contributed by atoms with E-state index in [1.165, 1.54) is 4.90 Å². The van der Waals surface area contributed by atoms with Crippen molar-refractivity contribution in [2.75, 3.05) is 19.8 Å². The number of hydrogen-bond acceptors (Lipinski definition) is 8. The molecule has 0 radical (unpaired) electrons. The average Bonchev–Trinajstić information content (AvgIpc) is 3.79. The quantitative estimate of drug-likeness (QED) is 0.118. The molecule has 2 aromatic carbocycles. The highest BCUT2D eigenvalue weighted by molar-refractivity contribution is 9.09. The average molecular weight is 693 g/mol. The zero-order valence-electron chi connectivity index (χ0n) is 25.5. The third-order valence-electron chi connectivity index (χ3n) is 9.33. The summed E-state index contributed by atoms with van der Waals surface area (Å²) in [7, 11) is 0. The summed E-state index contributed by atoms with van der Waals surface area (Å²) in [4.78, 5) is 45.9. The number of alkyl halides is 1. The van der Waals surface area contributed by atoms with E-state index in [4.69, 9.17) is 9.47 Å². The lowest BCUT2D eigenvalue weighted by Crippen LogP contribution is -2.59. The van der Waals surface area contributed by atoms with E-state index < -0.39 is 47.5 Å². The number of esters is 1. The minimum absolute atomic E-state index is 0.0447. The predicted molar refractivity (Wildman–Crippen MR) is 173 cm³/mol. The highest BCUT2D eigenvalue weighted by Crippen LogP contribution is 2.60. The standard InChI is InChI=1S/C34H38BrN5O6/c1-3-5-11-17-45-33(44)27-28-31(42)40(23(20-41)18-22-12-7-6-8-13-22)30(34(28)19-24(35)29(27)46-34)32(43)38(16-4-2)21-39-26-15-10-9-14-25(26)36-37-39/h3-4,6-10,12-15,23-24,27-30,41H,1-2,5,11,16-21H2/t23-,24?,27-,28+,29-,30?,34?/m1/s1. The summed E-state index contributed by atoms with van der Waals surface area (Å²) < 4.78 is 13.9. The third kappa shape index (κ3) is 5.56. The van der Waals surface area contributed by atoms with Crippen molar-refractivity contribution in [2.24, 2.45) is 11.8 Å². The summed E-state index contributed by atoms with van der Waals surface area (Å²) in [6.45, 7) is 7.59. The zero-order valence-corrected chi connectivity index (χ0v) is 27.1. The second kappa shape index (κ2) is 13.5. The molecule has 46 heavy (non-hydrogen) atoms. The Bertz CT molecular complexity index is 1620. The lowest BCUT2D eigenvalue weighted by Gasteiger charge is -2.39. The van der Waals surface area contributed by atoms with Crippen LogP contribution in [0.15, 0.2) is 79.9 Å². The van der Waals surface area contributed by atoms with Gasteiger partial charge >= 0.3 is 5.97 Å². The van der Waals surface area contributed by atoms with Crippen molar-refractivity contribution >= 4 is 44.7 Å². The first kappa shape index (κ1) is 32.1. The van der Waals surface area contributed by atoms with E-state index in [0.29, 0.717) is 31.2 Å². The number of benzene rings is 2. The van der Waals surface area contributed by atoms with Gasteiger partial charge in [0.25, 0.3) is 0 Å². The second-order valence-electron chi connectivity index (χ2n) is 12.1. The molecule has 3 fully saturated rings. The summed E-state index contributed by atoms with van der Waals surface area (Å²) in [6.07, 6.45) is 4.66. The molecule has 3 saturated heterocycles.